The van der Waals surface area contributed by atoms with Crippen LogP contribution in [0, 0.1) is 11.3 Å². The van der Waals surface area contributed by atoms with Gasteiger partial charge in [0.2, 0.25) is 5.91 Å². The molecule has 3 rings (SSSR count). The number of amides is 1. The second-order valence-electron chi connectivity index (χ2n) is 5.80. The Morgan fingerprint density at radius 3 is 2.79 bits per heavy atom. The molecule has 1 aromatic heterocycles. The van der Waals surface area contributed by atoms with Crippen molar-refractivity contribution in [2.45, 2.75) is 11.6 Å². The Balaban J connectivity index is 1.81. The first kappa shape index (κ1) is 19.5. The van der Waals surface area contributed by atoms with Crippen molar-refractivity contribution in [3.05, 3.63) is 58.9 Å². The van der Waals surface area contributed by atoms with Crippen molar-refractivity contribution < 1.29 is 9.53 Å². The first-order chi connectivity index (χ1) is 13.6. The Morgan fingerprint density at radius 2 is 2.00 bits per heavy atom. The Kier molecular flexibility index (Phi) is 6.29. The Bertz CT molecular complexity index is 1090. The van der Waals surface area contributed by atoms with E-state index < -0.39 is 0 Å². The van der Waals surface area contributed by atoms with E-state index in [0.29, 0.717) is 27.5 Å². The molecule has 3 aromatic rings. The molecule has 0 saturated heterocycles. The standard InChI is InChI=1S/C20H18N4O3S/c1-27-17-10-5-4-9-16(17)24(12-6-11-21)18(25)13-28-20-22-15-8-3-2-7-14(15)19(26)23-20/h2-5,7-10H,6,12-13H2,1H3,(H,22,23,26). The quantitative estimate of drug-likeness (QED) is 0.489. The molecular weight excluding hydrogens is 376 g/mol. The van der Waals surface area contributed by atoms with Crippen LogP contribution in [0.25, 0.3) is 10.9 Å². The molecule has 0 aliphatic carbocycles. The number of nitrogens with zero attached hydrogens (tertiary/aromatic N) is 3. The van der Waals surface area contributed by atoms with Gasteiger partial charge in [-0.3, -0.25) is 9.59 Å². The fraction of sp³-hybridized carbons (Fsp3) is 0.200. The Hall–Kier alpha value is -3.31. The summed E-state index contributed by atoms with van der Waals surface area (Å²) in [6.07, 6.45) is 0.194. The third kappa shape index (κ3) is 4.32. The number of methoxy groups -OCH3 is 1. The normalized spacial score (nSPS) is 10.4. The van der Waals surface area contributed by atoms with E-state index in [-0.39, 0.29) is 30.2 Å². The Morgan fingerprint density at radius 1 is 1.25 bits per heavy atom. The SMILES string of the molecule is COc1ccccc1N(CCC#N)C(=O)CSc1nc2ccccc2c(=O)[nH]1. The second kappa shape index (κ2) is 9.06. The van der Waals surface area contributed by atoms with Crippen LogP contribution in [-0.2, 0) is 4.79 Å². The molecule has 0 spiro atoms. The number of para-hydroxylation sites is 3. The lowest BCUT2D eigenvalue weighted by molar-refractivity contribution is -0.116. The van der Waals surface area contributed by atoms with Gasteiger partial charge in [-0.15, -0.1) is 0 Å². The van der Waals surface area contributed by atoms with Gasteiger partial charge in [0.25, 0.3) is 5.56 Å². The third-order valence-electron chi connectivity index (χ3n) is 4.05. The number of carbonyl (C=O) groups excluding carboxylic acids is 1. The fourth-order valence-corrected chi connectivity index (χ4v) is 3.48. The number of nitriles is 1. The van der Waals surface area contributed by atoms with Gasteiger partial charge < -0.3 is 14.6 Å². The highest BCUT2D eigenvalue weighted by Crippen LogP contribution is 2.29. The number of H-pyrrole nitrogens is 1. The van der Waals surface area contributed by atoms with Crippen LogP contribution in [0.1, 0.15) is 6.42 Å². The minimum atomic E-state index is -0.244. The molecule has 7 nitrogen and oxygen atoms in total. The smallest absolute Gasteiger partial charge is 0.259 e. The van der Waals surface area contributed by atoms with Crippen LogP contribution in [0.5, 0.6) is 5.75 Å². The van der Waals surface area contributed by atoms with Gasteiger partial charge in [0, 0.05) is 6.54 Å². The molecule has 0 bridgehead atoms. The molecular formula is C20H18N4O3S. The number of fused-ring (bicyclic) bond motifs is 1. The molecule has 142 valence electrons. The maximum absolute atomic E-state index is 12.9. The van der Waals surface area contributed by atoms with Crippen LogP contribution >= 0.6 is 11.8 Å². The summed E-state index contributed by atoms with van der Waals surface area (Å²) in [5.74, 6) is 0.404. The van der Waals surface area contributed by atoms with Crippen molar-refractivity contribution in [2.24, 2.45) is 0 Å². The minimum absolute atomic E-state index is 0.0603. The number of carbonyl (C=O) groups is 1. The van der Waals surface area contributed by atoms with Crippen molar-refractivity contribution in [1.29, 1.82) is 5.26 Å². The zero-order valence-electron chi connectivity index (χ0n) is 15.2. The highest BCUT2D eigenvalue weighted by atomic mass is 32.2. The van der Waals surface area contributed by atoms with Crippen molar-refractivity contribution in [2.75, 3.05) is 24.3 Å². The molecule has 8 heteroatoms. The molecule has 0 aliphatic heterocycles. The zero-order valence-corrected chi connectivity index (χ0v) is 16.0. The highest BCUT2D eigenvalue weighted by Gasteiger charge is 2.19. The van der Waals surface area contributed by atoms with Gasteiger partial charge in [-0.1, -0.05) is 36.0 Å². The summed E-state index contributed by atoms with van der Waals surface area (Å²) < 4.78 is 5.34. The van der Waals surface area contributed by atoms with Crippen LogP contribution in [0.15, 0.2) is 58.5 Å². The molecule has 0 aliphatic rings. The predicted octanol–water partition coefficient (Wildman–Crippen LogP) is 2.97. The predicted molar refractivity (Wildman–Crippen MR) is 109 cm³/mol. The number of rotatable bonds is 7. The highest BCUT2D eigenvalue weighted by molar-refractivity contribution is 7.99. The van der Waals surface area contributed by atoms with Crippen molar-refractivity contribution in [1.82, 2.24) is 9.97 Å². The summed E-state index contributed by atoms with van der Waals surface area (Å²) in [7, 11) is 1.53. The van der Waals surface area contributed by atoms with Gasteiger partial charge in [-0.25, -0.2) is 4.98 Å². The molecule has 1 N–H and O–H groups in total. The number of aromatic amines is 1. The van der Waals surface area contributed by atoms with Gasteiger partial charge in [0.15, 0.2) is 5.16 Å². The first-order valence-corrected chi connectivity index (χ1v) is 9.55. The summed E-state index contributed by atoms with van der Waals surface area (Å²) in [5, 5.41) is 9.81. The number of anilines is 1. The van der Waals surface area contributed by atoms with Gasteiger partial charge >= 0.3 is 0 Å². The van der Waals surface area contributed by atoms with E-state index in [9.17, 15) is 9.59 Å². The molecule has 28 heavy (non-hydrogen) atoms. The average molecular weight is 394 g/mol. The van der Waals surface area contributed by atoms with Gasteiger partial charge in [0.1, 0.15) is 5.75 Å². The Labute approximate surface area is 166 Å². The molecule has 0 fully saturated rings. The number of thioether (sulfide) groups is 1. The lowest BCUT2D eigenvalue weighted by atomic mass is 10.2. The van der Waals surface area contributed by atoms with Crippen LogP contribution in [0.3, 0.4) is 0 Å². The summed E-state index contributed by atoms with van der Waals surface area (Å²) in [5.41, 5.74) is 0.935. The second-order valence-corrected chi connectivity index (χ2v) is 6.77. The summed E-state index contributed by atoms with van der Waals surface area (Å²) in [4.78, 5) is 33.6. The van der Waals surface area contributed by atoms with Gasteiger partial charge in [-0.2, -0.15) is 5.26 Å². The zero-order chi connectivity index (χ0) is 19.9. The summed E-state index contributed by atoms with van der Waals surface area (Å²) in [6.45, 7) is 0.248. The molecule has 0 atom stereocenters. The number of aromatic nitrogens is 2. The van der Waals surface area contributed by atoms with Crippen LogP contribution in [-0.4, -0.2) is 35.3 Å². The molecule has 1 amide bonds. The molecule has 0 unspecified atom stereocenters. The lowest BCUT2D eigenvalue weighted by Crippen LogP contribution is -2.33. The van der Waals surface area contributed by atoms with Crippen LogP contribution in [0.4, 0.5) is 5.69 Å². The van der Waals surface area contributed by atoms with Crippen molar-refractivity contribution >= 4 is 34.3 Å². The van der Waals surface area contributed by atoms with E-state index in [1.54, 1.807) is 42.5 Å². The number of nitrogens with one attached hydrogen (secondary N) is 1. The van der Waals surface area contributed by atoms with Gasteiger partial charge in [-0.05, 0) is 24.3 Å². The molecule has 0 radical (unpaired) electrons. The number of ether oxygens (including phenoxy) is 1. The molecule has 0 saturated carbocycles. The van der Waals surface area contributed by atoms with Crippen molar-refractivity contribution in [3.63, 3.8) is 0 Å². The third-order valence-corrected chi connectivity index (χ3v) is 4.91. The van der Waals surface area contributed by atoms with E-state index in [1.165, 1.54) is 12.0 Å². The van der Waals surface area contributed by atoms with E-state index >= 15 is 0 Å². The summed E-state index contributed by atoms with van der Waals surface area (Å²) >= 11 is 1.15. The first-order valence-electron chi connectivity index (χ1n) is 8.56. The van der Waals surface area contributed by atoms with E-state index in [0.717, 1.165) is 11.8 Å². The number of hydrogen-bond acceptors (Lipinski definition) is 6. The maximum Gasteiger partial charge on any atom is 0.259 e. The fourth-order valence-electron chi connectivity index (χ4n) is 2.74. The minimum Gasteiger partial charge on any atom is -0.495 e. The molecule has 1 heterocycles. The lowest BCUT2D eigenvalue weighted by Gasteiger charge is -2.23. The number of hydrogen-bond donors (Lipinski definition) is 1. The average Bonchev–Trinajstić information content (AvgIpc) is 2.73. The van der Waals surface area contributed by atoms with Gasteiger partial charge in [0.05, 0.1) is 41.9 Å². The summed E-state index contributed by atoms with van der Waals surface area (Å²) in [6, 6.07) is 16.2. The van der Waals surface area contributed by atoms with E-state index in [2.05, 4.69) is 16.0 Å². The molecule has 2 aromatic carbocycles. The van der Waals surface area contributed by atoms with E-state index in [4.69, 9.17) is 10.00 Å². The number of benzene rings is 2. The van der Waals surface area contributed by atoms with E-state index in [1.807, 2.05) is 6.07 Å². The van der Waals surface area contributed by atoms with Crippen molar-refractivity contribution in [3.8, 4) is 11.8 Å². The van der Waals surface area contributed by atoms with Crippen LogP contribution in [0.2, 0.25) is 0 Å². The maximum atomic E-state index is 12.9. The van der Waals surface area contributed by atoms with Crippen LogP contribution < -0.4 is 15.2 Å². The monoisotopic (exact) mass is 394 g/mol. The largest absolute Gasteiger partial charge is 0.495 e. The topological polar surface area (TPSA) is 99.1 Å².